The molecule has 9 nitrogen and oxygen atoms in total. The molecule has 0 aliphatic heterocycles. The summed E-state index contributed by atoms with van der Waals surface area (Å²) in [5.74, 6) is -1.28. The van der Waals surface area contributed by atoms with Crippen LogP contribution in [0.2, 0.25) is 0 Å². The zero-order valence-electron chi connectivity index (χ0n) is 10.7. The highest BCUT2D eigenvalue weighted by molar-refractivity contribution is 7.99. The Bertz CT molecular complexity index is 691. The minimum atomic E-state index is -0.765. The van der Waals surface area contributed by atoms with Crippen molar-refractivity contribution in [2.75, 3.05) is 11.1 Å². The lowest BCUT2D eigenvalue weighted by Crippen LogP contribution is -2.15. The maximum absolute atomic E-state index is 13.0. The molecule has 0 bridgehead atoms. The van der Waals surface area contributed by atoms with E-state index in [2.05, 4.69) is 20.8 Å². The van der Waals surface area contributed by atoms with Gasteiger partial charge in [0, 0.05) is 7.05 Å². The van der Waals surface area contributed by atoms with Crippen LogP contribution < -0.4 is 5.32 Å². The van der Waals surface area contributed by atoms with Gasteiger partial charge in [0.1, 0.15) is 11.5 Å². The fraction of sp³-hybridized carbons (Fsp3) is 0.200. The number of rotatable bonds is 5. The first-order valence-corrected chi connectivity index (χ1v) is 6.55. The molecule has 0 saturated heterocycles. The Labute approximate surface area is 121 Å². The van der Waals surface area contributed by atoms with E-state index in [1.807, 2.05) is 0 Å². The van der Waals surface area contributed by atoms with Gasteiger partial charge in [-0.05, 0) is 22.6 Å². The van der Waals surface area contributed by atoms with Crippen LogP contribution in [-0.2, 0) is 11.8 Å². The Morgan fingerprint density at radius 3 is 2.95 bits per heavy atom. The third-order valence-electron chi connectivity index (χ3n) is 2.34. The second-order valence-corrected chi connectivity index (χ2v) is 4.78. The van der Waals surface area contributed by atoms with E-state index in [0.717, 1.165) is 30.0 Å². The van der Waals surface area contributed by atoms with Crippen LogP contribution in [0.5, 0.6) is 0 Å². The van der Waals surface area contributed by atoms with Gasteiger partial charge in [-0.25, -0.2) is 9.07 Å². The predicted molar refractivity (Wildman–Crippen MR) is 71.2 cm³/mol. The molecule has 110 valence electrons. The van der Waals surface area contributed by atoms with Gasteiger partial charge in [-0.3, -0.25) is 14.9 Å². The molecule has 11 heteroatoms. The summed E-state index contributed by atoms with van der Waals surface area (Å²) in [5, 5.41) is 24.3. The number of hydrogen-bond donors (Lipinski definition) is 1. The van der Waals surface area contributed by atoms with Crippen molar-refractivity contribution >= 4 is 29.0 Å². The first-order valence-electron chi connectivity index (χ1n) is 5.56. The zero-order chi connectivity index (χ0) is 15.4. The third-order valence-corrected chi connectivity index (χ3v) is 3.35. The summed E-state index contributed by atoms with van der Waals surface area (Å²) >= 11 is 1.07. The molecular weight excluding hydrogens is 303 g/mol. The first-order chi connectivity index (χ1) is 9.97. The number of carbonyl (C=O) groups excluding carboxylic acids is 1. The monoisotopic (exact) mass is 312 g/mol. The average molecular weight is 312 g/mol. The standard InChI is InChI=1S/C10H9FN6O3S/c1-16-10(13-14-15-16)21-5-9(18)12-7-3-2-6(11)4-8(7)17(19)20/h2-4H,5H2,1H3,(H,12,18). The SMILES string of the molecule is Cn1nnnc1SCC(=O)Nc1ccc(F)cc1[N+](=O)[O-]. The molecule has 1 heterocycles. The van der Waals surface area contributed by atoms with Crippen molar-refractivity contribution in [1.82, 2.24) is 20.2 Å². The number of tetrazole rings is 1. The number of benzene rings is 1. The molecule has 1 N–H and O–H groups in total. The molecule has 0 spiro atoms. The summed E-state index contributed by atoms with van der Waals surface area (Å²) in [6, 6.07) is 2.91. The van der Waals surface area contributed by atoms with Gasteiger partial charge in [-0.1, -0.05) is 11.8 Å². The number of aromatic nitrogens is 4. The number of nitro groups is 1. The highest BCUT2D eigenvalue weighted by Crippen LogP contribution is 2.25. The third kappa shape index (κ3) is 3.72. The minimum absolute atomic E-state index is 0.0389. The molecule has 0 atom stereocenters. The van der Waals surface area contributed by atoms with Crippen molar-refractivity contribution in [2.45, 2.75) is 5.16 Å². The maximum Gasteiger partial charge on any atom is 0.295 e. The number of thioether (sulfide) groups is 1. The number of halogens is 1. The second-order valence-electron chi connectivity index (χ2n) is 3.84. The lowest BCUT2D eigenvalue weighted by atomic mass is 10.2. The van der Waals surface area contributed by atoms with Gasteiger partial charge in [-0.15, -0.1) is 5.10 Å². The number of aryl methyl sites for hydroxylation is 1. The Kier molecular flexibility index (Phi) is 4.42. The van der Waals surface area contributed by atoms with Crippen LogP contribution in [0.1, 0.15) is 0 Å². The number of nitro benzene ring substituents is 1. The summed E-state index contributed by atoms with van der Waals surface area (Å²) in [7, 11) is 1.62. The number of hydrogen-bond acceptors (Lipinski definition) is 7. The molecule has 0 unspecified atom stereocenters. The van der Waals surface area contributed by atoms with Gasteiger partial charge in [0.15, 0.2) is 0 Å². The van der Waals surface area contributed by atoms with Crippen molar-refractivity contribution in [3.05, 3.63) is 34.1 Å². The van der Waals surface area contributed by atoms with E-state index in [1.54, 1.807) is 7.05 Å². The molecule has 0 aliphatic rings. The van der Waals surface area contributed by atoms with E-state index < -0.39 is 22.3 Å². The lowest BCUT2D eigenvalue weighted by Gasteiger charge is -2.05. The first kappa shape index (κ1) is 14.8. The van der Waals surface area contributed by atoms with Crippen LogP contribution >= 0.6 is 11.8 Å². The van der Waals surface area contributed by atoms with Gasteiger partial charge in [0.2, 0.25) is 11.1 Å². The number of nitrogens with one attached hydrogen (secondary N) is 1. The minimum Gasteiger partial charge on any atom is -0.320 e. The van der Waals surface area contributed by atoms with E-state index >= 15 is 0 Å². The van der Waals surface area contributed by atoms with E-state index in [0.29, 0.717) is 5.16 Å². The van der Waals surface area contributed by atoms with Crippen LogP contribution in [0.4, 0.5) is 15.8 Å². The van der Waals surface area contributed by atoms with E-state index in [-0.39, 0.29) is 11.4 Å². The summed E-state index contributed by atoms with van der Waals surface area (Å²) in [6.45, 7) is 0. The Balaban J connectivity index is 2.03. The molecule has 2 aromatic rings. The Morgan fingerprint density at radius 1 is 1.57 bits per heavy atom. The van der Waals surface area contributed by atoms with Crippen LogP contribution in [-0.4, -0.2) is 36.8 Å². The molecule has 0 radical (unpaired) electrons. The van der Waals surface area contributed by atoms with Crippen molar-refractivity contribution < 1.29 is 14.1 Å². The van der Waals surface area contributed by atoms with E-state index in [9.17, 15) is 19.3 Å². The predicted octanol–water partition coefficient (Wildman–Crippen LogP) is 0.988. The smallest absolute Gasteiger partial charge is 0.295 e. The summed E-state index contributed by atoms with van der Waals surface area (Å²) in [6.07, 6.45) is 0. The largest absolute Gasteiger partial charge is 0.320 e. The molecule has 1 amide bonds. The van der Waals surface area contributed by atoms with Crippen molar-refractivity contribution in [1.29, 1.82) is 0 Å². The molecule has 0 aliphatic carbocycles. The number of amides is 1. The quantitative estimate of drug-likeness (QED) is 0.497. The average Bonchev–Trinajstić information content (AvgIpc) is 2.84. The molecule has 1 aromatic carbocycles. The molecule has 2 rings (SSSR count). The Hall–Kier alpha value is -2.56. The summed E-state index contributed by atoms with van der Waals surface area (Å²) in [4.78, 5) is 21.8. The highest BCUT2D eigenvalue weighted by atomic mass is 32.2. The normalized spacial score (nSPS) is 10.4. The summed E-state index contributed by atoms with van der Waals surface area (Å²) < 4.78 is 14.4. The van der Waals surface area contributed by atoms with Crippen molar-refractivity contribution in [3.8, 4) is 0 Å². The van der Waals surface area contributed by atoms with Crippen LogP contribution in [0, 0.1) is 15.9 Å². The highest BCUT2D eigenvalue weighted by Gasteiger charge is 2.17. The van der Waals surface area contributed by atoms with Crippen molar-refractivity contribution in [3.63, 3.8) is 0 Å². The van der Waals surface area contributed by atoms with Gasteiger partial charge < -0.3 is 5.32 Å². The van der Waals surface area contributed by atoms with E-state index in [4.69, 9.17) is 0 Å². The van der Waals surface area contributed by atoms with Crippen molar-refractivity contribution in [2.24, 2.45) is 7.05 Å². The maximum atomic E-state index is 13.0. The number of nitrogens with zero attached hydrogens (tertiary/aromatic N) is 5. The fourth-order valence-corrected chi connectivity index (χ4v) is 2.07. The molecule has 1 aromatic heterocycles. The molecular formula is C10H9FN6O3S. The van der Waals surface area contributed by atoms with Crippen LogP contribution in [0.3, 0.4) is 0 Å². The van der Waals surface area contributed by atoms with Gasteiger partial charge in [0.05, 0.1) is 16.7 Å². The summed E-state index contributed by atoms with van der Waals surface area (Å²) in [5.41, 5.74) is -0.572. The lowest BCUT2D eigenvalue weighted by molar-refractivity contribution is -0.384. The topological polar surface area (TPSA) is 116 Å². The number of anilines is 1. The Morgan fingerprint density at radius 2 is 2.33 bits per heavy atom. The second kappa shape index (κ2) is 6.26. The number of carbonyl (C=O) groups is 1. The molecule has 0 saturated carbocycles. The van der Waals surface area contributed by atoms with Gasteiger partial charge in [-0.2, -0.15) is 0 Å². The molecule has 0 fully saturated rings. The molecule has 21 heavy (non-hydrogen) atoms. The van der Waals surface area contributed by atoms with Crippen LogP contribution in [0.25, 0.3) is 0 Å². The fourth-order valence-electron chi connectivity index (χ4n) is 1.42. The van der Waals surface area contributed by atoms with Gasteiger partial charge in [0.25, 0.3) is 5.69 Å². The zero-order valence-corrected chi connectivity index (χ0v) is 11.5. The van der Waals surface area contributed by atoms with Gasteiger partial charge >= 0.3 is 0 Å². The van der Waals surface area contributed by atoms with Crippen LogP contribution in [0.15, 0.2) is 23.4 Å². The van der Waals surface area contributed by atoms with E-state index in [1.165, 1.54) is 4.68 Å².